The number of hydrogen-bond acceptors (Lipinski definition) is 4. The summed E-state index contributed by atoms with van der Waals surface area (Å²) < 4.78 is 31.1. The molecule has 1 saturated heterocycles. The van der Waals surface area contributed by atoms with Crippen LogP contribution in [0.5, 0.6) is 0 Å². The van der Waals surface area contributed by atoms with E-state index in [1.165, 1.54) is 4.31 Å². The third-order valence-corrected chi connectivity index (χ3v) is 4.87. The minimum absolute atomic E-state index is 0.0765. The highest BCUT2D eigenvalue weighted by Gasteiger charge is 2.32. The van der Waals surface area contributed by atoms with Crippen LogP contribution in [0.4, 0.5) is 0 Å². The molecule has 1 fully saturated rings. The normalized spacial score (nSPS) is 20.9. The summed E-state index contributed by atoms with van der Waals surface area (Å²) in [6, 6.07) is 8.64. The molecule has 1 aliphatic heterocycles. The molecule has 0 bridgehead atoms. The summed E-state index contributed by atoms with van der Waals surface area (Å²) in [5.74, 6) is -0.0765. The molecule has 0 aliphatic carbocycles. The maximum absolute atomic E-state index is 12.4. The third kappa shape index (κ3) is 3.32. The lowest BCUT2D eigenvalue weighted by molar-refractivity contribution is 0.0511. The maximum atomic E-state index is 12.4. The highest BCUT2D eigenvalue weighted by Crippen LogP contribution is 2.17. The van der Waals surface area contributed by atoms with Crippen LogP contribution >= 0.6 is 0 Å². The molecule has 0 N–H and O–H groups in total. The van der Waals surface area contributed by atoms with Crippen molar-refractivity contribution in [2.45, 2.75) is 18.7 Å². The van der Waals surface area contributed by atoms with Gasteiger partial charge in [0.05, 0.1) is 25.0 Å². The van der Waals surface area contributed by atoms with Crippen molar-refractivity contribution >= 4 is 10.0 Å². The van der Waals surface area contributed by atoms with Crippen LogP contribution < -0.4 is 0 Å². The summed E-state index contributed by atoms with van der Waals surface area (Å²) in [7, 11) is -3.48. The van der Waals surface area contributed by atoms with Gasteiger partial charge in [-0.05, 0) is 12.5 Å². The Balaban J connectivity index is 2.20. The summed E-state index contributed by atoms with van der Waals surface area (Å²) >= 11 is 0. The number of nitrogens with zero attached hydrogens (tertiary/aromatic N) is 2. The Labute approximate surface area is 113 Å². The maximum Gasteiger partial charge on any atom is 0.219 e. The molecule has 0 saturated carbocycles. The van der Waals surface area contributed by atoms with Crippen molar-refractivity contribution in [1.82, 2.24) is 4.31 Å². The van der Waals surface area contributed by atoms with Crippen molar-refractivity contribution in [2.24, 2.45) is 0 Å². The van der Waals surface area contributed by atoms with Crippen molar-refractivity contribution in [3.05, 3.63) is 35.4 Å². The first kappa shape index (κ1) is 14.0. The van der Waals surface area contributed by atoms with Crippen LogP contribution in [-0.2, 0) is 20.5 Å². The average molecular weight is 280 g/mol. The molecule has 0 amide bonds. The van der Waals surface area contributed by atoms with E-state index in [-0.39, 0.29) is 18.9 Å². The largest absolute Gasteiger partial charge is 0.377 e. The number of nitriles is 1. The van der Waals surface area contributed by atoms with Gasteiger partial charge >= 0.3 is 0 Å². The van der Waals surface area contributed by atoms with Crippen molar-refractivity contribution in [3.63, 3.8) is 0 Å². The van der Waals surface area contributed by atoms with E-state index < -0.39 is 16.1 Å². The molecule has 0 spiro atoms. The Hall–Kier alpha value is -1.42. The van der Waals surface area contributed by atoms with E-state index >= 15 is 0 Å². The predicted molar refractivity (Wildman–Crippen MR) is 70.7 cm³/mol. The number of morpholine rings is 1. The van der Waals surface area contributed by atoms with Gasteiger partial charge in [-0.3, -0.25) is 0 Å². The van der Waals surface area contributed by atoms with Crippen LogP contribution in [0.3, 0.4) is 0 Å². The highest BCUT2D eigenvalue weighted by molar-refractivity contribution is 7.88. The van der Waals surface area contributed by atoms with Crippen LogP contribution in [0.1, 0.15) is 11.1 Å². The molecule has 1 aliphatic rings. The Morgan fingerprint density at radius 3 is 3.00 bits per heavy atom. The van der Waals surface area contributed by atoms with Gasteiger partial charge in [0, 0.05) is 6.54 Å². The Morgan fingerprint density at radius 2 is 2.32 bits per heavy atom. The van der Waals surface area contributed by atoms with Crippen molar-refractivity contribution in [3.8, 4) is 6.07 Å². The second-order valence-corrected chi connectivity index (χ2v) is 6.50. The molecule has 0 radical (unpaired) electrons. The van der Waals surface area contributed by atoms with Gasteiger partial charge in [0.1, 0.15) is 6.04 Å². The number of ether oxygens (including phenoxy) is 1. The monoisotopic (exact) mass is 280 g/mol. The van der Waals surface area contributed by atoms with Gasteiger partial charge in [-0.15, -0.1) is 0 Å². The second-order valence-electron chi connectivity index (χ2n) is 4.58. The van der Waals surface area contributed by atoms with Gasteiger partial charge in [-0.2, -0.15) is 9.57 Å². The topological polar surface area (TPSA) is 70.4 Å². The summed E-state index contributed by atoms with van der Waals surface area (Å²) in [5, 5.41) is 9.00. The fraction of sp³-hybridized carbons (Fsp3) is 0.462. The zero-order chi connectivity index (χ0) is 13.9. The number of hydrogen-bond donors (Lipinski definition) is 0. The van der Waals surface area contributed by atoms with Gasteiger partial charge < -0.3 is 4.74 Å². The first-order valence-electron chi connectivity index (χ1n) is 6.05. The SMILES string of the molecule is Cc1cccc(CS(=O)(=O)N2CCOC[C@@H]2C#N)c1. The molecule has 1 heterocycles. The van der Waals surface area contributed by atoms with E-state index in [0.717, 1.165) is 11.1 Å². The fourth-order valence-corrected chi connectivity index (χ4v) is 3.73. The molecule has 1 atom stereocenters. The Bertz CT molecular complexity index is 592. The van der Waals surface area contributed by atoms with Crippen LogP contribution in [0.25, 0.3) is 0 Å². The van der Waals surface area contributed by atoms with E-state index in [1.807, 2.05) is 31.2 Å². The van der Waals surface area contributed by atoms with Gasteiger partial charge in [0.25, 0.3) is 0 Å². The fourth-order valence-electron chi connectivity index (χ4n) is 2.12. The molecule has 19 heavy (non-hydrogen) atoms. The highest BCUT2D eigenvalue weighted by atomic mass is 32.2. The lowest BCUT2D eigenvalue weighted by Crippen LogP contribution is -2.48. The zero-order valence-corrected chi connectivity index (χ0v) is 11.6. The summed E-state index contributed by atoms with van der Waals surface area (Å²) in [5.41, 5.74) is 1.76. The summed E-state index contributed by atoms with van der Waals surface area (Å²) in [6.07, 6.45) is 0. The van der Waals surface area contributed by atoms with E-state index in [2.05, 4.69) is 0 Å². The van der Waals surface area contributed by atoms with E-state index in [4.69, 9.17) is 10.00 Å². The molecule has 1 aromatic rings. The standard InChI is InChI=1S/C13H16N2O3S/c1-11-3-2-4-12(7-11)10-19(16,17)15-5-6-18-9-13(15)8-14/h2-4,7,13H,5-6,9-10H2,1H3/t13-/m0/s1. The van der Waals surface area contributed by atoms with Gasteiger partial charge in [-0.25, -0.2) is 8.42 Å². The van der Waals surface area contributed by atoms with E-state index in [0.29, 0.717) is 6.61 Å². The number of aryl methyl sites for hydroxylation is 1. The second kappa shape index (κ2) is 5.70. The molecule has 0 unspecified atom stereocenters. The minimum Gasteiger partial charge on any atom is -0.377 e. The van der Waals surface area contributed by atoms with Crippen molar-refractivity contribution < 1.29 is 13.2 Å². The molecule has 102 valence electrons. The quantitative estimate of drug-likeness (QED) is 0.829. The van der Waals surface area contributed by atoms with Crippen LogP contribution in [0.2, 0.25) is 0 Å². The predicted octanol–water partition coefficient (Wildman–Crippen LogP) is 1.05. The Morgan fingerprint density at radius 1 is 1.53 bits per heavy atom. The summed E-state index contributed by atoms with van der Waals surface area (Å²) in [4.78, 5) is 0. The number of benzene rings is 1. The van der Waals surface area contributed by atoms with Crippen molar-refractivity contribution in [1.29, 1.82) is 5.26 Å². The van der Waals surface area contributed by atoms with Crippen molar-refractivity contribution in [2.75, 3.05) is 19.8 Å². The first-order valence-corrected chi connectivity index (χ1v) is 7.66. The molecule has 2 rings (SSSR count). The third-order valence-electron chi connectivity index (χ3n) is 3.02. The lowest BCUT2D eigenvalue weighted by atomic mass is 10.2. The molecular formula is C13H16N2O3S. The molecule has 1 aromatic carbocycles. The molecule has 0 aromatic heterocycles. The molecular weight excluding hydrogens is 264 g/mol. The van der Waals surface area contributed by atoms with Gasteiger partial charge in [-0.1, -0.05) is 29.8 Å². The number of rotatable bonds is 3. The average Bonchev–Trinajstić information content (AvgIpc) is 2.38. The minimum atomic E-state index is -3.48. The zero-order valence-electron chi connectivity index (χ0n) is 10.7. The first-order chi connectivity index (χ1) is 9.03. The van der Waals surface area contributed by atoms with E-state index in [9.17, 15) is 8.42 Å². The Kier molecular flexibility index (Phi) is 4.20. The van der Waals surface area contributed by atoms with Crippen LogP contribution in [0, 0.1) is 18.3 Å². The smallest absolute Gasteiger partial charge is 0.219 e. The number of sulfonamides is 1. The molecule has 6 heteroatoms. The summed E-state index contributed by atoms with van der Waals surface area (Å²) in [6.45, 7) is 2.64. The molecule has 5 nitrogen and oxygen atoms in total. The lowest BCUT2D eigenvalue weighted by Gasteiger charge is -2.30. The van der Waals surface area contributed by atoms with E-state index in [1.54, 1.807) is 6.07 Å². The van der Waals surface area contributed by atoms with Gasteiger partial charge in [0.15, 0.2) is 0 Å². The van der Waals surface area contributed by atoms with Gasteiger partial charge in [0.2, 0.25) is 10.0 Å². The van der Waals surface area contributed by atoms with Crippen LogP contribution in [-0.4, -0.2) is 38.5 Å². The van der Waals surface area contributed by atoms with Crippen LogP contribution in [0.15, 0.2) is 24.3 Å².